The van der Waals surface area contributed by atoms with Crippen molar-refractivity contribution >= 4 is 0 Å². The van der Waals surface area contributed by atoms with E-state index in [2.05, 4.69) is 0 Å². The second-order valence-electron chi connectivity index (χ2n) is 15.3. The third-order valence-electron chi connectivity index (χ3n) is 11.7. The van der Waals surface area contributed by atoms with E-state index in [9.17, 15) is 66.4 Å². The number of rotatable bonds is 5. The molecule has 6 aromatic rings. The molecule has 0 saturated carbocycles. The summed E-state index contributed by atoms with van der Waals surface area (Å²) in [7, 11) is 0. The van der Waals surface area contributed by atoms with E-state index in [1.54, 1.807) is 0 Å². The molecule has 0 radical (unpaired) electrons. The Kier molecular flexibility index (Phi) is 9.23. The molecule has 3 aliphatic rings. The van der Waals surface area contributed by atoms with Crippen molar-refractivity contribution in [2.45, 2.75) is 54.9 Å². The molecule has 3 aliphatic heterocycles. The summed E-state index contributed by atoms with van der Waals surface area (Å²) in [5.74, 6) is -7.77. The van der Waals surface area contributed by atoms with E-state index in [0.717, 1.165) is 12.1 Å². The molecule has 6 aromatic carbocycles. The van der Waals surface area contributed by atoms with Gasteiger partial charge >= 0.3 is 0 Å². The van der Waals surface area contributed by atoms with Crippen LogP contribution in [0, 0.1) is 0 Å². The number of benzene rings is 6. The zero-order valence-electron chi connectivity index (χ0n) is 31.5. The average molecular weight is 835 g/mol. The summed E-state index contributed by atoms with van der Waals surface area (Å²) in [5, 5.41) is 144. The summed E-state index contributed by atoms with van der Waals surface area (Å²) in [6.45, 7) is 0. The molecule has 13 N–H and O–H groups in total. The Bertz CT molecular complexity index is 2730. The van der Waals surface area contributed by atoms with Crippen LogP contribution in [0.25, 0.3) is 0 Å². The lowest BCUT2D eigenvalue weighted by atomic mass is 9.73. The maximum absolute atomic E-state index is 12.9. The topological polar surface area (TPSA) is 291 Å². The lowest BCUT2D eigenvalue weighted by Crippen LogP contribution is -2.38. The highest BCUT2D eigenvalue weighted by Gasteiger charge is 2.49. The summed E-state index contributed by atoms with van der Waals surface area (Å²) in [6, 6.07) is 19.2. The summed E-state index contributed by atoms with van der Waals surface area (Å²) in [5.41, 5.74) is 0.295. The molecule has 3 heterocycles. The molecule has 0 spiro atoms. The largest absolute Gasteiger partial charge is 0.508 e. The molecule has 0 amide bonds. The molecular formula is C45H38O16. The number of ether oxygens (including phenoxy) is 3. The summed E-state index contributed by atoms with van der Waals surface area (Å²) < 4.78 is 18.9. The highest BCUT2D eigenvalue weighted by atomic mass is 16.5. The Labute approximate surface area is 345 Å². The van der Waals surface area contributed by atoms with Crippen molar-refractivity contribution in [3.8, 4) is 74.7 Å². The van der Waals surface area contributed by atoms with Gasteiger partial charge in [-0.3, -0.25) is 0 Å². The number of aliphatic hydroxyl groups is 3. The molecule has 9 rings (SSSR count). The predicted molar refractivity (Wildman–Crippen MR) is 211 cm³/mol. The van der Waals surface area contributed by atoms with Crippen LogP contribution in [0.15, 0.2) is 91.0 Å². The Morgan fingerprint density at radius 1 is 0.410 bits per heavy atom. The van der Waals surface area contributed by atoms with Crippen molar-refractivity contribution in [2.75, 3.05) is 0 Å². The number of aromatic hydroxyl groups is 10. The van der Waals surface area contributed by atoms with Crippen LogP contribution in [0.5, 0.6) is 74.7 Å². The van der Waals surface area contributed by atoms with Crippen molar-refractivity contribution in [2.24, 2.45) is 0 Å². The van der Waals surface area contributed by atoms with Gasteiger partial charge in [-0.2, -0.15) is 0 Å². The third kappa shape index (κ3) is 6.35. The summed E-state index contributed by atoms with van der Waals surface area (Å²) in [6.07, 6.45) is -9.21. The first kappa shape index (κ1) is 39.1. The summed E-state index contributed by atoms with van der Waals surface area (Å²) >= 11 is 0. The van der Waals surface area contributed by atoms with Gasteiger partial charge in [-0.05, 0) is 65.2 Å². The van der Waals surface area contributed by atoms with Gasteiger partial charge in [0, 0.05) is 58.2 Å². The number of fused-ring (bicyclic) bond motifs is 3. The van der Waals surface area contributed by atoms with Gasteiger partial charge in [0.15, 0.2) is 46.7 Å². The van der Waals surface area contributed by atoms with E-state index in [1.165, 1.54) is 78.9 Å². The Balaban J connectivity index is 1.31. The highest BCUT2D eigenvalue weighted by molar-refractivity contribution is 5.70. The second-order valence-corrected chi connectivity index (χ2v) is 15.3. The fraction of sp³-hybridized carbons (Fsp3) is 0.200. The van der Waals surface area contributed by atoms with Crippen molar-refractivity contribution in [1.29, 1.82) is 0 Å². The fourth-order valence-electron chi connectivity index (χ4n) is 8.75. The average Bonchev–Trinajstić information content (AvgIpc) is 3.22. The molecule has 0 bridgehead atoms. The zero-order valence-corrected chi connectivity index (χ0v) is 31.5. The maximum atomic E-state index is 12.9. The van der Waals surface area contributed by atoms with Gasteiger partial charge in [0.25, 0.3) is 0 Å². The molecule has 8 atom stereocenters. The molecule has 0 aliphatic carbocycles. The molecule has 0 fully saturated rings. The van der Waals surface area contributed by atoms with E-state index in [4.69, 9.17) is 14.2 Å². The van der Waals surface area contributed by atoms with Crippen LogP contribution >= 0.6 is 0 Å². The number of hydrogen-bond donors (Lipinski definition) is 13. The van der Waals surface area contributed by atoms with Gasteiger partial charge in [0.05, 0.1) is 6.10 Å². The quantitative estimate of drug-likeness (QED) is 0.101. The Morgan fingerprint density at radius 2 is 0.836 bits per heavy atom. The highest BCUT2D eigenvalue weighted by Crippen LogP contribution is 2.60. The van der Waals surface area contributed by atoms with Crippen molar-refractivity contribution < 1.29 is 80.6 Å². The number of hydrogen-bond acceptors (Lipinski definition) is 16. The van der Waals surface area contributed by atoms with Crippen molar-refractivity contribution in [3.05, 3.63) is 136 Å². The van der Waals surface area contributed by atoms with Crippen LogP contribution in [0.4, 0.5) is 0 Å². The SMILES string of the molecule is Oc1ccc2c(c1)O[C@H](c1ccc(O)c(O)c1)[C@H](O)C2c1c(O)c2c(c([C@H]3c4ccc(O)cc4O[C@H](c4ccc(O)c(O)c4)[C@@H]3O)c1O)O[C@H](c1ccc(O)c(O)c1)[C@H](O)C2. The van der Waals surface area contributed by atoms with Crippen LogP contribution in [-0.2, 0) is 6.42 Å². The lowest BCUT2D eigenvalue weighted by Gasteiger charge is -2.42. The molecule has 16 nitrogen and oxygen atoms in total. The van der Waals surface area contributed by atoms with E-state index < -0.39 is 94.5 Å². The third-order valence-corrected chi connectivity index (χ3v) is 11.7. The van der Waals surface area contributed by atoms with E-state index in [0.29, 0.717) is 0 Å². The van der Waals surface area contributed by atoms with E-state index >= 15 is 0 Å². The van der Waals surface area contributed by atoms with E-state index in [-0.39, 0.29) is 79.7 Å². The Morgan fingerprint density at radius 3 is 1.28 bits per heavy atom. The zero-order chi connectivity index (χ0) is 43.2. The van der Waals surface area contributed by atoms with Crippen LogP contribution in [-0.4, -0.2) is 84.7 Å². The van der Waals surface area contributed by atoms with Gasteiger partial charge in [-0.1, -0.05) is 30.3 Å². The second kappa shape index (κ2) is 14.4. The number of phenolic OH excluding ortho intramolecular Hbond substituents is 10. The normalized spacial score (nSPS) is 24.0. The van der Waals surface area contributed by atoms with Gasteiger partial charge in [0.2, 0.25) is 0 Å². The summed E-state index contributed by atoms with van der Waals surface area (Å²) in [4.78, 5) is 0. The van der Waals surface area contributed by atoms with Crippen LogP contribution in [0.3, 0.4) is 0 Å². The van der Waals surface area contributed by atoms with Crippen molar-refractivity contribution in [1.82, 2.24) is 0 Å². The standard InChI is InChI=1S/C45H38O16/c46-20-4-6-22-32(14-20)59-43(18-2-9-26(49)29(52)12-18)40(57)34(22)36-38(55)24-16-31(54)42(17-1-8-25(48)28(51)11-17)61-45(24)37(39(36)56)35-23-7-5-21(47)15-33(23)60-44(41(35)58)19-3-10-27(50)30(53)13-19/h1-15,31,34-35,40-44,46-58H,16H2/t31-,34?,35-,40-,41-,42-,43-,44-/m1/s1. The first-order chi connectivity index (χ1) is 29.1. The monoisotopic (exact) mass is 834 g/mol. The molecule has 0 saturated heterocycles. The molecule has 16 heteroatoms. The lowest BCUT2D eigenvalue weighted by molar-refractivity contribution is 0.000360. The van der Waals surface area contributed by atoms with E-state index in [1.807, 2.05) is 0 Å². The molecular weight excluding hydrogens is 796 g/mol. The van der Waals surface area contributed by atoms with Crippen LogP contribution in [0.2, 0.25) is 0 Å². The maximum Gasteiger partial charge on any atom is 0.157 e. The number of aliphatic hydroxyl groups excluding tert-OH is 3. The molecule has 61 heavy (non-hydrogen) atoms. The van der Waals surface area contributed by atoms with Crippen LogP contribution in [0.1, 0.15) is 74.7 Å². The minimum absolute atomic E-state index is 0.00791. The molecule has 314 valence electrons. The predicted octanol–water partition coefficient (Wildman–Crippen LogP) is 5.03. The van der Waals surface area contributed by atoms with Gasteiger partial charge in [-0.15, -0.1) is 0 Å². The van der Waals surface area contributed by atoms with Crippen LogP contribution < -0.4 is 14.2 Å². The molecule has 1 unspecified atom stereocenters. The van der Waals surface area contributed by atoms with Crippen molar-refractivity contribution in [3.63, 3.8) is 0 Å². The minimum Gasteiger partial charge on any atom is -0.508 e. The van der Waals surface area contributed by atoms with Gasteiger partial charge < -0.3 is 80.6 Å². The smallest absolute Gasteiger partial charge is 0.157 e. The Hall–Kier alpha value is -7.40. The molecule has 0 aromatic heterocycles. The first-order valence-electron chi connectivity index (χ1n) is 19.0. The minimum atomic E-state index is -1.69. The number of phenols is 10. The van der Waals surface area contributed by atoms with Gasteiger partial charge in [-0.25, -0.2) is 0 Å². The fourth-order valence-corrected chi connectivity index (χ4v) is 8.75. The van der Waals surface area contributed by atoms with Gasteiger partial charge in [0.1, 0.15) is 58.6 Å². The first-order valence-corrected chi connectivity index (χ1v) is 19.0.